The lowest BCUT2D eigenvalue weighted by atomic mass is 10.1. The van der Waals surface area contributed by atoms with Gasteiger partial charge in [0, 0.05) is 26.2 Å². The highest BCUT2D eigenvalue weighted by molar-refractivity contribution is 5.60. The van der Waals surface area contributed by atoms with Gasteiger partial charge < -0.3 is 15.0 Å². The van der Waals surface area contributed by atoms with E-state index in [0.717, 1.165) is 45.0 Å². The minimum absolute atomic E-state index is 0.835. The number of unbranched alkanes of at least 4 members (excludes halogenated alkanes) is 3. The topological polar surface area (TPSA) is 24.5 Å². The maximum atomic E-state index is 6.03. The van der Waals surface area contributed by atoms with Crippen molar-refractivity contribution in [3.8, 4) is 5.75 Å². The van der Waals surface area contributed by atoms with Crippen LogP contribution in [0.5, 0.6) is 5.75 Å². The molecule has 1 aromatic rings. The molecule has 3 nitrogen and oxygen atoms in total. The van der Waals surface area contributed by atoms with Crippen LogP contribution in [0.15, 0.2) is 18.2 Å². The van der Waals surface area contributed by atoms with Crippen LogP contribution in [0.1, 0.15) is 38.2 Å². The molecule has 20 heavy (non-hydrogen) atoms. The number of nitrogens with zero attached hydrogens (tertiary/aromatic N) is 1. The molecule has 1 aromatic carbocycles. The molecule has 1 saturated heterocycles. The molecule has 0 aliphatic carbocycles. The fraction of sp³-hybridized carbons (Fsp3) is 0.647. The van der Waals surface area contributed by atoms with Gasteiger partial charge in [-0.25, -0.2) is 0 Å². The second-order valence-electron chi connectivity index (χ2n) is 5.62. The number of hydrogen-bond donors (Lipinski definition) is 1. The summed E-state index contributed by atoms with van der Waals surface area (Å²) in [4.78, 5) is 2.44. The highest BCUT2D eigenvalue weighted by atomic mass is 16.5. The van der Waals surface area contributed by atoms with E-state index in [1.54, 1.807) is 0 Å². The van der Waals surface area contributed by atoms with Crippen LogP contribution in [0.4, 0.5) is 5.69 Å². The summed E-state index contributed by atoms with van der Waals surface area (Å²) >= 11 is 0. The van der Waals surface area contributed by atoms with Gasteiger partial charge in [-0.1, -0.05) is 32.3 Å². The number of rotatable bonds is 7. The van der Waals surface area contributed by atoms with Crippen molar-refractivity contribution < 1.29 is 4.74 Å². The summed E-state index contributed by atoms with van der Waals surface area (Å²) in [5, 5.41) is 3.40. The first-order valence-electron chi connectivity index (χ1n) is 8.00. The average Bonchev–Trinajstić information content (AvgIpc) is 2.49. The van der Waals surface area contributed by atoms with Crippen LogP contribution in [-0.4, -0.2) is 32.8 Å². The average molecular weight is 276 g/mol. The summed E-state index contributed by atoms with van der Waals surface area (Å²) in [5.41, 5.74) is 2.57. The Morgan fingerprint density at radius 1 is 1.15 bits per heavy atom. The lowest BCUT2D eigenvalue weighted by Crippen LogP contribution is -2.43. The Bertz CT molecular complexity index is 400. The van der Waals surface area contributed by atoms with E-state index in [0.29, 0.717) is 0 Å². The number of anilines is 1. The molecule has 0 bridgehead atoms. The molecule has 1 N–H and O–H groups in total. The fourth-order valence-corrected chi connectivity index (χ4v) is 2.61. The summed E-state index contributed by atoms with van der Waals surface area (Å²) in [6, 6.07) is 6.53. The van der Waals surface area contributed by atoms with Crippen molar-refractivity contribution in [3.05, 3.63) is 23.8 Å². The molecule has 3 heteroatoms. The van der Waals surface area contributed by atoms with Gasteiger partial charge in [0.25, 0.3) is 0 Å². The molecular formula is C17H28N2O. The molecule has 1 aliphatic heterocycles. The van der Waals surface area contributed by atoms with E-state index in [4.69, 9.17) is 4.74 Å². The van der Waals surface area contributed by atoms with Gasteiger partial charge in [0.15, 0.2) is 0 Å². The van der Waals surface area contributed by atoms with Crippen molar-refractivity contribution in [1.29, 1.82) is 0 Å². The van der Waals surface area contributed by atoms with E-state index in [1.807, 2.05) is 0 Å². The molecule has 1 aliphatic rings. The smallest absolute Gasteiger partial charge is 0.142 e. The SMILES string of the molecule is CCCCCCOc1ccc(C)cc1N1CCNCC1. The third-order valence-electron chi connectivity index (χ3n) is 3.83. The maximum absolute atomic E-state index is 6.03. The van der Waals surface area contributed by atoms with Crippen molar-refractivity contribution in [2.24, 2.45) is 0 Å². The summed E-state index contributed by atoms with van der Waals surface area (Å²) in [7, 11) is 0. The zero-order valence-electron chi connectivity index (χ0n) is 13.0. The number of benzene rings is 1. The number of ether oxygens (including phenoxy) is 1. The van der Waals surface area contributed by atoms with Crippen LogP contribution in [0.25, 0.3) is 0 Å². The van der Waals surface area contributed by atoms with Gasteiger partial charge in [0.1, 0.15) is 5.75 Å². The van der Waals surface area contributed by atoms with Crippen molar-refractivity contribution >= 4 is 5.69 Å². The third-order valence-corrected chi connectivity index (χ3v) is 3.83. The van der Waals surface area contributed by atoms with Crippen LogP contribution in [0.2, 0.25) is 0 Å². The van der Waals surface area contributed by atoms with Gasteiger partial charge >= 0.3 is 0 Å². The standard InChI is InChI=1S/C17H28N2O/c1-3-4-5-6-13-20-17-8-7-15(2)14-16(17)19-11-9-18-10-12-19/h7-8,14,18H,3-6,9-13H2,1-2H3. The molecule has 0 radical (unpaired) electrons. The van der Waals surface area contributed by atoms with Crippen LogP contribution in [-0.2, 0) is 0 Å². The monoisotopic (exact) mass is 276 g/mol. The first-order chi connectivity index (χ1) is 9.81. The van der Waals surface area contributed by atoms with E-state index >= 15 is 0 Å². The molecule has 0 amide bonds. The Labute approximate surface area is 123 Å². The molecule has 0 atom stereocenters. The number of hydrogen-bond acceptors (Lipinski definition) is 3. The highest BCUT2D eigenvalue weighted by Gasteiger charge is 2.15. The van der Waals surface area contributed by atoms with Gasteiger partial charge in [-0.3, -0.25) is 0 Å². The fourth-order valence-electron chi connectivity index (χ4n) is 2.61. The van der Waals surface area contributed by atoms with Gasteiger partial charge in [-0.15, -0.1) is 0 Å². The van der Waals surface area contributed by atoms with E-state index in [2.05, 4.69) is 42.3 Å². The van der Waals surface area contributed by atoms with Gasteiger partial charge in [-0.05, 0) is 31.0 Å². The molecular weight excluding hydrogens is 248 g/mol. The molecule has 112 valence electrons. The Balaban J connectivity index is 1.96. The third kappa shape index (κ3) is 4.41. The number of nitrogens with one attached hydrogen (secondary N) is 1. The van der Waals surface area contributed by atoms with Crippen LogP contribution in [0.3, 0.4) is 0 Å². The second kappa shape index (κ2) is 8.15. The quantitative estimate of drug-likeness (QED) is 0.773. The minimum Gasteiger partial charge on any atom is -0.491 e. The first-order valence-corrected chi connectivity index (χ1v) is 8.00. The lowest BCUT2D eigenvalue weighted by Gasteiger charge is -2.31. The van der Waals surface area contributed by atoms with E-state index in [9.17, 15) is 0 Å². The normalized spacial score (nSPS) is 15.4. The van der Waals surface area contributed by atoms with Gasteiger partial charge in [0.05, 0.1) is 12.3 Å². The summed E-state index contributed by atoms with van der Waals surface area (Å²) in [6.45, 7) is 9.47. The summed E-state index contributed by atoms with van der Waals surface area (Å²) in [6.07, 6.45) is 5.01. The van der Waals surface area contributed by atoms with Gasteiger partial charge in [0.2, 0.25) is 0 Å². The molecule has 0 spiro atoms. The minimum atomic E-state index is 0.835. The Morgan fingerprint density at radius 3 is 2.70 bits per heavy atom. The second-order valence-corrected chi connectivity index (χ2v) is 5.62. The van der Waals surface area contributed by atoms with Crippen molar-refractivity contribution in [2.45, 2.75) is 39.5 Å². The predicted molar refractivity (Wildman–Crippen MR) is 85.9 cm³/mol. The molecule has 0 saturated carbocycles. The van der Waals surface area contributed by atoms with Crippen molar-refractivity contribution in [3.63, 3.8) is 0 Å². The molecule has 0 unspecified atom stereocenters. The molecule has 0 aromatic heterocycles. The summed E-state index contributed by atoms with van der Waals surface area (Å²) < 4.78 is 6.03. The zero-order valence-corrected chi connectivity index (χ0v) is 13.0. The van der Waals surface area contributed by atoms with Crippen molar-refractivity contribution in [2.75, 3.05) is 37.7 Å². The summed E-state index contributed by atoms with van der Waals surface area (Å²) in [5.74, 6) is 1.05. The maximum Gasteiger partial charge on any atom is 0.142 e. The van der Waals surface area contributed by atoms with Gasteiger partial charge in [-0.2, -0.15) is 0 Å². The highest BCUT2D eigenvalue weighted by Crippen LogP contribution is 2.30. The van der Waals surface area contributed by atoms with E-state index < -0.39 is 0 Å². The Hall–Kier alpha value is -1.22. The largest absolute Gasteiger partial charge is 0.491 e. The number of aryl methyl sites for hydroxylation is 1. The van der Waals surface area contributed by atoms with Crippen LogP contribution < -0.4 is 15.0 Å². The zero-order chi connectivity index (χ0) is 14.2. The van der Waals surface area contributed by atoms with Crippen LogP contribution in [0, 0.1) is 6.92 Å². The Kier molecular flexibility index (Phi) is 6.19. The lowest BCUT2D eigenvalue weighted by molar-refractivity contribution is 0.305. The van der Waals surface area contributed by atoms with Crippen molar-refractivity contribution in [1.82, 2.24) is 5.32 Å². The molecule has 1 heterocycles. The van der Waals surface area contributed by atoms with Crippen LogP contribution >= 0.6 is 0 Å². The predicted octanol–water partition coefficient (Wildman–Crippen LogP) is 3.36. The molecule has 2 rings (SSSR count). The van der Waals surface area contributed by atoms with E-state index in [1.165, 1.54) is 30.5 Å². The molecule has 1 fully saturated rings. The van der Waals surface area contributed by atoms with E-state index in [-0.39, 0.29) is 0 Å². The Morgan fingerprint density at radius 2 is 1.95 bits per heavy atom. The first kappa shape index (κ1) is 15.2. The number of piperazine rings is 1.